The fraction of sp³-hybridized carbons (Fsp3) is 0.636. The van der Waals surface area contributed by atoms with Crippen molar-refractivity contribution in [2.24, 2.45) is 11.0 Å². The Morgan fingerprint density at radius 2 is 2.33 bits per heavy atom. The van der Waals surface area contributed by atoms with E-state index in [2.05, 4.69) is 28.0 Å². The van der Waals surface area contributed by atoms with Gasteiger partial charge in [0.2, 0.25) is 0 Å². The molecule has 4 heteroatoms. The minimum Gasteiger partial charge on any atom is -0.359 e. The van der Waals surface area contributed by atoms with Crippen molar-refractivity contribution < 1.29 is 0 Å². The van der Waals surface area contributed by atoms with Crippen LogP contribution in [0.4, 0.5) is 0 Å². The maximum absolute atomic E-state index is 5.05. The summed E-state index contributed by atoms with van der Waals surface area (Å²) in [5.74, 6) is 0.560. The molecule has 0 saturated carbocycles. The molecule has 0 bridgehead atoms. The molecule has 2 N–H and O–H groups in total. The average Bonchev–Trinajstić information content (AvgIpc) is 2.18. The van der Waals surface area contributed by atoms with Crippen molar-refractivity contribution in [3.8, 4) is 0 Å². The number of nitrogens with one attached hydrogen (secondary N) is 2. The van der Waals surface area contributed by atoms with Gasteiger partial charge in [0.05, 0.1) is 0 Å². The van der Waals surface area contributed by atoms with Gasteiger partial charge >= 0.3 is 0 Å². The van der Waals surface area contributed by atoms with Gasteiger partial charge in [-0.2, -0.15) is 5.10 Å². The first-order valence-corrected chi connectivity index (χ1v) is 5.84. The molecule has 1 rings (SSSR count). The van der Waals surface area contributed by atoms with Crippen LogP contribution in [0, 0.1) is 5.92 Å². The highest BCUT2D eigenvalue weighted by Gasteiger charge is 2.06. The third-order valence-electron chi connectivity index (χ3n) is 2.18. The van der Waals surface area contributed by atoms with Crippen LogP contribution >= 0.6 is 12.2 Å². The van der Waals surface area contributed by atoms with E-state index in [4.69, 9.17) is 12.2 Å². The van der Waals surface area contributed by atoms with Crippen molar-refractivity contribution in [3.63, 3.8) is 0 Å². The highest BCUT2D eigenvalue weighted by molar-refractivity contribution is 7.80. The largest absolute Gasteiger partial charge is 0.359 e. The molecule has 0 saturated heterocycles. The van der Waals surface area contributed by atoms with E-state index in [1.165, 1.54) is 6.42 Å². The summed E-state index contributed by atoms with van der Waals surface area (Å²) in [7, 11) is 0. The highest BCUT2D eigenvalue weighted by atomic mass is 32.1. The number of nitrogens with zero attached hydrogens (tertiary/aromatic N) is 1. The lowest BCUT2D eigenvalue weighted by molar-refractivity contribution is 0.624. The van der Waals surface area contributed by atoms with Gasteiger partial charge in [-0.1, -0.05) is 12.2 Å². The molecule has 1 atom stereocenters. The molecule has 0 radical (unpaired) electrons. The van der Waals surface area contributed by atoms with E-state index in [0.29, 0.717) is 17.1 Å². The summed E-state index contributed by atoms with van der Waals surface area (Å²) in [5.41, 5.74) is 2.83. The second-order valence-corrected chi connectivity index (χ2v) is 4.47. The highest BCUT2D eigenvalue weighted by Crippen LogP contribution is 2.15. The Morgan fingerprint density at radius 1 is 1.53 bits per heavy atom. The molecule has 1 aliphatic carbocycles. The van der Waals surface area contributed by atoms with Gasteiger partial charge in [0.1, 0.15) is 0 Å². The lowest BCUT2D eigenvalue weighted by atomic mass is 9.96. The Morgan fingerprint density at radius 3 is 2.93 bits per heavy atom. The van der Waals surface area contributed by atoms with E-state index in [9.17, 15) is 0 Å². The van der Waals surface area contributed by atoms with E-state index in [0.717, 1.165) is 12.8 Å². The Hall–Kier alpha value is -0.900. The van der Waals surface area contributed by atoms with Gasteiger partial charge < -0.3 is 5.32 Å². The normalized spacial score (nSPS) is 20.9. The van der Waals surface area contributed by atoms with Crippen LogP contribution in [0.15, 0.2) is 17.3 Å². The number of rotatable bonds is 3. The number of allylic oxidation sites excluding steroid dienone is 2. The summed E-state index contributed by atoms with van der Waals surface area (Å²) in [6.45, 7) is 4.09. The first-order valence-electron chi connectivity index (χ1n) is 5.43. The van der Waals surface area contributed by atoms with Crippen LogP contribution in [0.5, 0.6) is 0 Å². The minimum atomic E-state index is 0.345. The fourth-order valence-electron chi connectivity index (χ4n) is 1.45. The van der Waals surface area contributed by atoms with E-state index in [1.54, 1.807) is 0 Å². The third-order valence-corrected chi connectivity index (χ3v) is 2.39. The Balaban J connectivity index is 2.20. The van der Waals surface area contributed by atoms with Gasteiger partial charge in [-0.25, -0.2) is 0 Å². The third kappa shape index (κ3) is 5.52. The summed E-state index contributed by atoms with van der Waals surface area (Å²) in [6.07, 6.45) is 9.83. The maximum Gasteiger partial charge on any atom is 0.187 e. The number of hydrazone groups is 1. The number of hydrogen-bond donors (Lipinski definition) is 2. The van der Waals surface area contributed by atoms with Gasteiger partial charge in [0.15, 0.2) is 5.11 Å². The molecular weight excluding hydrogens is 206 g/mol. The Bertz CT molecular complexity index is 259. The van der Waals surface area contributed by atoms with Crippen molar-refractivity contribution in [2.45, 2.75) is 39.2 Å². The predicted molar refractivity (Wildman–Crippen MR) is 69.0 cm³/mol. The molecule has 84 valence electrons. The molecule has 0 aliphatic heterocycles. The van der Waals surface area contributed by atoms with Gasteiger partial charge in [0.25, 0.3) is 0 Å². The molecular formula is C11H19N3S. The van der Waals surface area contributed by atoms with Gasteiger partial charge in [-0.05, 0) is 51.2 Å². The van der Waals surface area contributed by atoms with Crippen LogP contribution in [0.25, 0.3) is 0 Å². The summed E-state index contributed by atoms with van der Waals surface area (Å²) in [5, 5.41) is 7.80. The van der Waals surface area contributed by atoms with Crippen molar-refractivity contribution in [3.05, 3.63) is 12.2 Å². The van der Waals surface area contributed by atoms with Crippen molar-refractivity contribution in [1.82, 2.24) is 10.7 Å². The van der Waals surface area contributed by atoms with Crippen molar-refractivity contribution in [1.29, 1.82) is 0 Å². The lowest BCUT2D eigenvalue weighted by Gasteiger charge is -2.13. The standard InChI is InChI=1S/C11H19N3S/c1-9(2)13-11(15)14-12-8-10-6-4-3-5-7-10/h3-4,8-10H,5-7H2,1-2H3,(H2,13,14,15). The molecule has 15 heavy (non-hydrogen) atoms. The van der Waals surface area contributed by atoms with Gasteiger partial charge in [-0.3, -0.25) is 5.43 Å². The molecule has 0 amide bonds. The number of hydrogen-bond acceptors (Lipinski definition) is 2. The Kier molecular flexibility index (Phi) is 5.32. The van der Waals surface area contributed by atoms with Crippen molar-refractivity contribution in [2.75, 3.05) is 0 Å². The summed E-state index contributed by atoms with van der Waals surface area (Å²) in [6, 6.07) is 0.345. The smallest absolute Gasteiger partial charge is 0.187 e. The molecule has 3 nitrogen and oxygen atoms in total. The molecule has 0 heterocycles. The first kappa shape index (κ1) is 12.2. The second kappa shape index (κ2) is 6.56. The van der Waals surface area contributed by atoms with Gasteiger partial charge in [0, 0.05) is 12.3 Å². The summed E-state index contributed by atoms with van der Waals surface area (Å²) < 4.78 is 0. The van der Waals surface area contributed by atoms with Gasteiger partial charge in [-0.15, -0.1) is 0 Å². The number of thiocarbonyl (C=S) groups is 1. The molecule has 1 aliphatic rings. The van der Waals surface area contributed by atoms with Crippen LogP contribution < -0.4 is 10.7 Å². The second-order valence-electron chi connectivity index (χ2n) is 4.06. The molecule has 0 fully saturated rings. The quantitative estimate of drug-likeness (QED) is 0.334. The zero-order chi connectivity index (χ0) is 11.1. The monoisotopic (exact) mass is 225 g/mol. The minimum absolute atomic E-state index is 0.345. The SMILES string of the molecule is CC(C)NC(=S)NN=CC1CC=CCC1. The van der Waals surface area contributed by atoms with Crippen LogP contribution in [0.1, 0.15) is 33.1 Å². The fourth-order valence-corrected chi connectivity index (χ4v) is 1.74. The lowest BCUT2D eigenvalue weighted by Crippen LogP contribution is -2.36. The predicted octanol–water partition coefficient (Wildman–Crippen LogP) is 2.20. The van der Waals surface area contributed by atoms with Crippen LogP contribution in [-0.4, -0.2) is 17.4 Å². The van der Waals surface area contributed by atoms with Crippen LogP contribution in [0.3, 0.4) is 0 Å². The molecule has 0 aromatic rings. The molecule has 1 unspecified atom stereocenters. The maximum atomic E-state index is 5.05. The average molecular weight is 225 g/mol. The van der Waals surface area contributed by atoms with E-state index >= 15 is 0 Å². The Labute approximate surface area is 97.0 Å². The topological polar surface area (TPSA) is 36.4 Å². The van der Waals surface area contributed by atoms with E-state index in [-0.39, 0.29) is 0 Å². The van der Waals surface area contributed by atoms with E-state index in [1.807, 2.05) is 20.1 Å². The van der Waals surface area contributed by atoms with Crippen molar-refractivity contribution >= 4 is 23.5 Å². The zero-order valence-corrected chi connectivity index (χ0v) is 10.2. The summed E-state index contributed by atoms with van der Waals surface area (Å²) >= 11 is 5.05. The molecule has 0 aromatic carbocycles. The molecule has 0 spiro atoms. The molecule has 0 aromatic heterocycles. The summed E-state index contributed by atoms with van der Waals surface area (Å²) in [4.78, 5) is 0. The zero-order valence-electron chi connectivity index (χ0n) is 9.36. The van der Waals surface area contributed by atoms with Crippen LogP contribution in [-0.2, 0) is 0 Å². The first-order chi connectivity index (χ1) is 7.18. The van der Waals surface area contributed by atoms with Crippen LogP contribution in [0.2, 0.25) is 0 Å². The van der Waals surface area contributed by atoms with E-state index < -0.39 is 0 Å².